The van der Waals surface area contributed by atoms with E-state index in [4.69, 9.17) is 0 Å². The first-order chi connectivity index (χ1) is 9.33. The molecule has 2 rings (SSSR count). The van der Waals surface area contributed by atoms with Gasteiger partial charge in [-0.3, -0.25) is 0 Å². The van der Waals surface area contributed by atoms with Crippen LogP contribution in [0.1, 0.15) is 84.5 Å². The Bertz CT molecular complexity index is 292. The molecule has 0 radical (unpaired) electrons. The van der Waals surface area contributed by atoms with E-state index in [1.54, 1.807) is 5.70 Å². The molecule has 1 heterocycles. The van der Waals surface area contributed by atoms with Gasteiger partial charge in [0, 0.05) is 12.2 Å². The molecule has 1 heteroatoms. The summed E-state index contributed by atoms with van der Waals surface area (Å²) in [5, 5.41) is 3.78. The predicted octanol–water partition coefficient (Wildman–Crippen LogP) is 5.42. The van der Waals surface area contributed by atoms with E-state index >= 15 is 0 Å². The van der Waals surface area contributed by atoms with Crippen LogP contribution in [0.2, 0.25) is 0 Å². The van der Waals surface area contributed by atoms with E-state index in [1.165, 1.54) is 77.2 Å². The molecular weight excluding hydrogens is 230 g/mol. The van der Waals surface area contributed by atoms with Crippen molar-refractivity contribution in [2.75, 3.05) is 6.54 Å². The molecule has 1 aliphatic carbocycles. The van der Waals surface area contributed by atoms with Crippen molar-refractivity contribution in [1.29, 1.82) is 0 Å². The van der Waals surface area contributed by atoms with E-state index in [-0.39, 0.29) is 0 Å². The van der Waals surface area contributed by atoms with Gasteiger partial charge in [0.25, 0.3) is 0 Å². The first-order valence-corrected chi connectivity index (χ1v) is 8.79. The third kappa shape index (κ3) is 4.26. The fourth-order valence-corrected chi connectivity index (χ4v) is 4.02. The zero-order chi connectivity index (χ0) is 13.5. The molecule has 0 fully saturated rings. The summed E-state index contributed by atoms with van der Waals surface area (Å²) in [6.45, 7) is 6.02. The highest BCUT2D eigenvalue weighted by Gasteiger charge is 2.23. The van der Waals surface area contributed by atoms with Gasteiger partial charge < -0.3 is 5.32 Å². The fourth-order valence-electron chi connectivity index (χ4n) is 4.02. The van der Waals surface area contributed by atoms with Crippen molar-refractivity contribution in [3.63, 3.8) is 0 Å². The summed E-state index contributed by atoms with van der Waals surface area (Å²) < 4.78 is 0. The smallest absolute Gasteiger partial charge is 0.0147 e. The molecule has 0 aromatic carbocycles. The monoisotopic (exact) mass is 263 g/mol. The van der Waals surface area contributed by atoms with Gasteiger partial charge in [-0.05, 0) is 49.5 Å². The average Bonchev–Trinajstić information content (AvgIpc) is 2.47. The van der Waals surface area contributed by atoms with Gasteiger partial charge in [-0.15, -0.1) is 0 Å². The topological polar surface area (TPSA) is 12.0 Å². The first kappa shape index (κ1) is 14.9. The molecule has 1 nitrogen and oxygen atoms in total. The predicted molar refractivity (Wildman–Crippen MR) is 84.1 cm³/mol. The maximum absolute atomic E-state index is 3.78. The van der Waals surface area contributed by atoms with Gasteiger partial charge >= 0.3 is 0 Å². The zero-order valence-electron chi connectivity index (χ0n) is 13.1. The molecule has 2 aliphatic rings. The number of nitrogens with one attached hydrogen (secondary N) is 1. The second-order valence-corrected chi connectivity index (χ2v) is 6.70. The summed E-state index contributed by atoms with van der Waals surface area (Å²) in [5.41, 5.74) is 3.48. The van der Waals surface area contributed by atoms with Crippen LogP contribution >= 0.6 is 0 Å². The Morgan fingerprint density at radius 1 is 1.00 bits per heavy atom. The molecule has 110 valence electrons. The lowest BCUT2D eigenvalue weighted by atomic mass is 9.81. The molecule has 0 spiro atoms. The van der Waals surface area contributed by atoms with Gasteiger partial charge in [-0.1, -0.05) is 52.4 Å². The molecule has 1 N–H and O–H groups in total. The van der Waals surface area contributed by atoms with Crippen LogP contribution in [0.3, 0.4) is 0 Å². The first-order valence-electron chi connectivity index (χ1n) is 8.79. The maximum Gasteiger partial charge on any atom is 0.0147 e. The minimum atomic E-state index is 0.771. The van der Waals surface area contributed by atoms with Crippen molar-refractivity contribution in [2.45, 2.75) is 84.5 Å². The van der Waals surface area contributed by atoms with Crippen LogP contribution in [0.25, 0.3) is 0 Å². The van der Waals surface area contributed by atoms with E-state index in [0.29, 0.717) is 0 Å². The lowest BCUT2D eigenvalue weighted by Crippen LogP contribution is -2.28. The largest absolute Gasteiger partial charge is 0.388 e. The second-order valence-electron chi connectivity index (χ2n) is 6.70. The minimum Gasteiger partial charge on any atom is -0.388 e. The van der Waals surface area contributed by atoms with Crippen LogP contribution in [0.15, 0.2) is 11.3 Å². The summed E-state index contributed by atoms with van der Waals surface area (Å²) in [5.74, 6) is 1.65. The number of hydrogen-bond acceptors (Lipinski definition) is 1. The minimum absolute atomic E-state index is 0.771. The number of rotatable bonds is 2. The lowest BCUT2D eigenvalue weighted by molar-refractivity contribution is 0.430. The Labute approximate surface area is 120 Å². The number of allylic oxidation sites excluding steroid dienone is 2. The Morgan fingerprint density at radius 2 is 1.74 bits per heavy atom. The Morgan fingerprint density at radius 3 is 2.53 bits per heavy atom. The van der Waals surface area contributed by atoms with Crippen LogP contribution in [0, 0.1) is 11.8 Å². The van der Waals surface area contributed by atoms with Crippen molar-refractivity contribution >= 4 is 0 Å². The Hall–Kier alpha value is -0.460. The van der Waals surface area contributed by atoms with Crippen molar-refractivity contribution in [3.8, 4) is 0 Å². The van der Waals surface area contributed by atoms with E-state index < -0.39 is 0 Å². The average molecular weight is 263 g/mol. The fraction of sp³-hybridized carbons (Fsp3) is 0.889. The van der Waals surface area contributed by atoms with Crippen LogP contribution in [-0.2, 0) is 0 Å². The van der Waals surface area contributed by atoms with Gasteiger partial charge in [-0.2, -0.15) is 0 Å². The molecule has 0 aromatic heterocycles. The third-order valence-electron chi connectivity index (χ3n) is 5.10. The van der Waals surface area contributed by atoms with Crippen molar-refractivity contribution in [1.82, 2.24) is 5.32 Å². The summed E-state index contributed by atoms with van der Waals surface area (Å²) >= 11 is 0. The maximum atomic E-state index is 3.78. The molecule has 2 unspecified atom stereocenters. The SMILES string of the molecule is CCCC1CCCCCCCC(C)C2=C1CCCN2. The number of hydrogen-bond donors (Lipinski definition) is 1. The zero-order valence-corrected chi connectivity index (χ0v) is 13.1. The highest BCUT2D eigenvalue weighted by molar-refractivity contribution is 5.20. The highest BCUT2D eigenvalue weighted by atomic mass is 14.9. The molecular formula is C18H33N. The second kappa shape index (κ2) is 7.97. The van der Waals surface area contributed by atoms with E-state index in [9.17, 15) is 0 Å². The molecule has 0 saturated carbocycles. The van der Waals surface area contributed by atoms with Gasteiger partial charge in [0.2, 0.25) is 0 Å². The summed E-state index contributed by atoms with van der Waals surface area (Å²) in [7, 11) is 0. The van der Waals surface area contributed by atoms with Crippen LogP contribution in [0.5, 0.6) is 0 Å². The standard InChI is InChI=1S/C18H33N/c1-3-10-16-12-8-6-4-5-7-11-15(2)18-17(16)13-9-14-19-18/h15-16,19H,3-14H2,1-2H3. The third-order valence-corrected chi connectivity index (χ3v) is 5.10. The van der Waals surface area contributed by atoms with Crippen LogP contribution in [-0.4, -0.2) is 6.54 Å². The van der Waals surface area contributed by atoms with Crippen molar-refractivity contribution in [2.24, 2.45) is 11.8 Å². The van der Waals surface area contributed by atoms with E-state index in [0.717, 1.165) is 11.8 Å². The normalized spacial score (nSPS) is 30.2. The molecule has 0 bridgehead atoms. The molecule has 2 atom stereocenters. The summed E-state index contributed by atoms with van der Waals surface area (Å²) in [6.07, 6.45) is 15.6. The Kier molecular flexibility index (Phi) is 6.26. The molecule has 0 amide bonds. The van der Waals surface area contributed by atoms with Crippen molar-refractivity contribution in [3.05, 3.63) is 11.3 Å². The summed E-state index contributed by atoms with van der Waals surface area (Å²) in [4.78, 5) is 0. The van der Waals surface area contributed by atoms with Gasteiger partial charge in [-0.25, -0.2) is 0 Å². The Balaban J connectivity index is 2.18. The van der Waals surface area contributed by atoms with Gasteiger partial charge in [0.1, 0.15) is 0 Å². The molecule has 19 heavy (non-hydrogen) atoms. The molecule has 0 saturated heterocycles. The quantitative estimate of drug-likeness (QED) is 0.701. The van der Waals surface area contributed by atoms with E-state index in [2.05, 4.69) is 19.2 Å². The van der Waals surface area contributed by atoms with E-state index in [1.807, 2.05) is 5.57 Å². The van der Waals surface area contributed by atoms with Crippen LogP contribution < -0.4 is 5.32 Å². The van der Waals surface area contributed by atoms with Crippen LogP contribution in [0.4, 0.5) is 0 Å². The van der Waals surface area contributed by atoms with Gasteiger partial charge in [0.15, 0.2) is 0 Å². The summed E-state index contributed by atoms with van der Waals surface area (Å²) in [6, 6.07) is 0. The van der Waals surface area contributed by atoms with Crippen molar-refractivity contribution < 1.29 is 0 Å². The highest BCUT2D eigenvalue weighted by Crippen LogP contribution is 2.35. The van der Waals surface area contributed by atoms with Gasteiger partial charge in [0.05, 0.1) is 0 Å². The molecule has 1 aliphatic heterocycles. The lowest BCUT2D eigenvalue weighted by Gasteiger charge is -2.31. The molecule has 0 aromatic rings.